The van der Waals surface area contributed by atoms with Crippen LogP contribution in [0, 0.1) is 11.7 Å². The zero-order chi connectivity index (χ0) is 17.8. The molecule has 1 aromatic heterocycles. The van der Waals surface area contributed by atoms with E-state index in [2.05, 4.69) is 15.5 Å². The monoisotopic (exact) mass is 384 g/mol. The van der Waals surface area contributed by atoms with Crippen LogP contribution in [-0.2, 0) is 9.53 Å². The first-order chi connectivity index (χ1) is 12.0. The maximum atomic E-state index is 13.3. The van der Waals surface area contributed by atoms with E-state index in [1.807, 2.05) is 0 Å². The van der Waals surface area contributed by atoms with E-state index in [0.717, 1.165) is 12.8 Å². The van der Waals surface area contributed by atoms with Crippen LogP contribution in [0.4, 0.5) is 4.39 Å². The van der Waals surface area contributed by atoms with Crippen LogP contribution in [0.5, 0.6) is 0 Å². The quantitative estimate of drug-likeness (QED) is 0.819. The molecular weight excluding hydrogens is 363 g/mol. The van der Waals surface area contributed by atoms with Gasteiger partial charge in [-0.2, -0.15) is 4.98 Å². The number of nitrogens with two attached hydrogens (primary N) is 1. The first-order valence-electron chi connectivity index (χ1n) is 8.28. The Balaban J connectivity index is 0.00000243. The van der Waals surface area contributed by atoms with Gasteiger partial charge in [0, 0.05) is 18.8 Å². The molecule has 1 aliphatic rings. The van der Waals surface area contributed by atoms with Crippen molar-refractivity contribution in [2.24, 2.45) is 11.7 Å². The van der Waals surface area contributed by atoms with E-state index >= 15 is 0 Å². The van der Waals surface area contributed by atoms with E-state index in [1.165, 1.54) is 12.1 Å². The molecule has 1 aliphatic heterocycles. The lowest BCUT2D eigenvalue weighted by Gasteiger charge is -2.27. The Morgan fingerprint density at radius 3 is 2.81 bits per heavy atom. The van der Waals surface area contributed by atoms with Crippen molar-refractivity contribution in [1.29, 1.82) is 0 Å². The largest absolute Gasteiger partial charge is 0.381 e. The highest BCUT2D eigenvalue weighted by molar-refractivity contribution is 5.85. The molecule has 0 radical (unpaired) electrons. The molecule has 2 unspecified atom stereocenters. The highest BCUT2D eigenvalue weighted by Gasteiger charge is 2.28. The summed E-state index contributed by atoms with van der Waals surface area (Å²) in [5, 5.41) is 6.63. The summed E-state index contributed by atoms with van der Waals surface area (Å²) in [5.41, 5.74) is 6.56. The Labute approximate surface area is 156 Å². The Morgan fingerprint density at radius 2 is 2.12 bits per heavy atom. The fourth-order valence-corrected chi connectivity index (χ4v) is 2.82. The molecular formula is C17H22ClFN4O3. The summed E-state index contributed by atoms with van der Waals surface area (Å²) < 4.78 is 23.8. The molecule has 3 N–H and O–H groups in total. The van der Waals surface area contributed by atoms with E-state index in [4.69, 9.17) is 15.0 Å². The summed E-state index contributed by atoms with van der Waals surface area (Å²) in [7, 11) is 0. The topological polar surface area (TPSA) is 103 Å². The number of carbonyl (C=O) groups is 1. The van der Waals surface area contributed by atoms with Crippen molar-refractivity contribution >= 4 is 18.3 Å². The van der Waals surface area contributed by atoms with Crippen LogP contribution in [0.3, 0.4) is 0 Å². The summed E-state index contributed by atoms with van der Waals surface area (Å²) in [6.45, 7) is 2.99. The molecule has 142 valence electrons. The van der Waals surface area contributed by atoms with E-state index in [0.29, 0.717) is 18.8 Å². The molecule has 2 heterocycles. The van der Waals surface area contributed by atoms with E-state index in [1.54, 1.807) is 19.1 Å². The molecule has 1 amide bonds. The fraction of sp³-hybridized carbons (Fsp3) is 0.471. The lowest BCUT2D eigenvalue weighted by molar-refractivity contribution is -0.125. The number of amides is 1. The van der Waals surface area contributed by atoms with Crippen LogP contribution < -0.4 is 11.1 Å². The minimum absolute atomic E-state index is 0. The number of halogens is 2. The van der Waals surface area contributed by atoms with E-state index in [9.17, 15) is 9.18 Å². The number of hydrogen-bond donors (Lipinski definition) is 2. The van der Waals surface area contributed by atoms with Gasteiger partial charge in [-0.15, -0.1) is 12.4 Å². The second kappa shape index (κ2) is 9.07. The molecule has 2 aromatic rings. The average Bonchev–Trinajstić information content (AvgIpc) is 3.12. The Kier molecular flexibility index (Phi) is 7.07. The first-order valence-corrected chi connectivity index (χ1v) is 8.28. The molecule has 7 nitrogen and oxygen atoms in total. The Bertz CT molecular complexity index is 736. The number of nitrogens with one attached hydrogen (secondary N) is 1. The maximum absolute atomic E-state index is 13.3. The molecule has 0 aliphatic carbocycles. The van der Waals surface area contributed by atoms with Gasteiger partial charge in [0.25, 0.3) is 0 Å². The molecule has 2 atom stereocenters. The van der Waals surface area contributed by atoms with Crippen LogP contribution in [0.25, 0.3) is 11.4 Å². The van der Waals surface area contributed by atoms with Gasteiger partial charge >= 0.3 is 0 Å². The number of nitrogens with zero attached hydrogens (tertiary/aromatic N) is 2. The molecule has 9 heteroatoms. The third kappa shape index (κ3) is 4.78. The van der Waals surface area contributed by atoms with Crippen LogP contribution in [-0.4, -0.2) is 35.3 Å². The second-order valence-corrected chi connectivity index (χ2v) is 6.17. The highest BCUT2D eigenvalue weighted by Crippen LogP contribution is 2.21. The summed E-state index contributed by atoms with van der Waals surface area (Å²) in [5.74, 6) is -0.0276. The summed E-state index contributed by atoms with van der Waals surface area (Å²) in [6.07, 6.45) is 1.54. The standard InChI is InChI=1S/C17H21FN4O3.ClH/c1-10(20-16(23)14(19)11-5-7-24-8-6-11)17-21-15(22-25-17)12-3-2-4-13(18)9-12;/h2-4,9-11,14H,5-8,19H2,1H3,(H,20,23);1H. The second-order valence-electron chi connectivity index (χ2n) is 6.17. The van der Waals surface area contributed by atoms with Gasteiger partial charge in [-0.05, 0) is 37.8 Å². The Morgan fingerprint density at radius 1 is 1.38 bits per heavy atom. The lowest BCUT2D eigenvalue weighted by atomic mass is 9.92. The van der Waals surface area contributed by atoms with E-state index < -0.39 is 12.1 Å². The van der Waals surface area contributed by atoms with Crippen molar-refractivity contribution in [3.63, 3.8) is 0 Å². The maximum Gasteiger partial charge on any atom is 0.249 e. The SMILES string of the molecule is CC(NC(=O)C(N)C1CCOCC1)c1nc(-c2cccc(F)c2)no1.Cl. The van der Waals surface area contributed by atoms with Crippen molar-refractivity contribution in [2.45, 2.75) is 31.8 Å². The van der Waals surface area contributed by atoms with Gasteiger partial charge in [0.1, 0.15) is 11.9 Å². The number of benzene rings is 1. The zero-order valence-corrected chi connectivity index (χ0v) is 15.2. The number of carbonyl (C=O) groups excluding carboxylic acids is 1. The average molecular weight is 385 g/mol. The number of rotatable bonds is 5. The van der Waals surface area contributed by atoms with Gasteiger partial charge in [-0.3, -0.25) is 4.79 Å². The van der Waals surface area contributed by atoms with Gasteiger partial charge < -0.3 is 20.3 Å². The summed E-state index contributed by atoms with van der Waals surface area (Å²) >= 11 is 0. The smallest absolute Gasteiger partial charge is 0.249 e. The first kappa shape index (κ1) is 20.3. The Hall–Kier alpha value is -2.03. The van der Waals surface area contributed by atoms with Crippen molar-refractivity contribution in [3.8, 4) is 11.4 Å². The molecule has 3 rings (SSSR count). The predicted octanol–water partition coefficient (Wildman–Crippen LogP) is 2.23. The van der Waals surface area contributed by atoms with Crippen LogP contribution in [0.1, 0.15) is 31.7 Å². The molecule has 1 aromatic carbocycles. The minimum atomic E-state index is -0.600. The van der Waals surface area contributed by atoms with Gasteiger partial charge in [0.15, 0.2) is 0 Å². The van der Waals surface area contributed by atoms with Gasteiger partial charge in [0.05, 0.1) is 6.04 Å². The highest BCUT2D eigenvalue weighted by atomic mass is 35.5. The van der Waals surface area contributed by atoms with E-state index in [-0.39, 0.29) is 41.8 Å². The molecule has 26 heavy (non-hydrogen) atoms. The molecule has 0 saturated carbocycles. The van der Waals surface area contributed by atoms with Crippen LogP contribution in [0.15, 0.2) is 28.8 Å². The molecule has 0 spiro atoms. The minimum Gasteiger partial charge on any atom is -0.381 e. The normalized spacial score (nSPS) is 17.2. The van der Waals surface area contributed by atoms with Crippen molar-refractivity contribution in [3.05, 3.63) is 36.0 Å². The van der Waals surface area contributed by atoms with Crippen molar-refractivity contribution < 1.29 is 18.4 Å². The molecule has 1 saturated heterocycles. The van der Waals surface area contributed by atoms with Gasteiger partial charge in [-0.1, -0.05) is 17.3 Å². The third-order valence-electron chi connectivity index (χ3n) is 4.33. The zero-order valence-electron chi connectivity index (χ0n) is 14.4. The van der Waals surface area contributed by atoms with Crippen molar-refractivity contribution in [2.75, 3.05) is 13.2 Å². The van der Waals surface area contributed by atoms with Crippen molar-refractivity contribution in [1.82, 2.24) is 15.5 Å². The number of aromatic nitrogens is 2. The number of ether oxygens (including phenoxy) is 1. The van der Waals surface area contributed by atoms with Crippen LogP contribution in [0.2, 0.25) is 0 Å². The molecule has 0 bridgehead atoms. The number of hydrogen-bond acceptors (Lipinski definition) is 6. The van der Waals surface area contributed by atoms with Crippen LogP contribution >= 0.6 is 12.4 Å². The lowest BCUT2D eigenvalue weighted by Crippen LogP contribution is -2.47. The predicted molar refractivity (Wildman–Crippen MR) is 95.0 cm³/mol. The fourth-order valence-electron chi connectivity index (χ4n) is 2.82. The third-order valence-corrected chi connectivity index (χ3v) is 4.33. The summed E-state index contributed by atoms with van der Waals surface area (Å²) in [6, 6.07) is 4.82. The summed E-state index contributed by atoms with van der Waals surface area (Å²) in [4.78, 5) is 16.6. The van der Waals surface area contributed by atoms with Gasteiger partial charge in [-0.25, -0.2) is 4.39 Å². The van der Waals surface area contributed by atoms with Gasteiger partial charge in [0.2, 0.25) is 17.6 Å². The molecule has 1 fully saturated rings.